The average Bonchev–Trinajstić information content (AvgIpc) is 3.26. The van der Waals surface area contributed by atoms with Crippen LogP contribution in [0, 0.1) is 5.92 Å². The molecule has 2 aromatic rings. The molecule has 4 N–H and O–H groups in total. The van der Waals surface area contributed by atoms with Gasteiger partial charge in [-0.25, -0.2) is 10.3 Å². The molecule has 0 spiro atoms. The van der Waals surface area contributed by atoms with Gasteiger partial charge in [-0.05, 0) is 54.9 Å². The van der Waals surface area contributed by atoms with Gasteiger partial charge in [0.1, 0.15) is 4.75 Å². The van der Waals surface area contributed by atoms with Gasteiger partial charge in [-0.1, -0.05) is 24.3 Å². The van der Waals surface area contributed by atoms with Crippen molar-refractivity contribution in [3.63, 3.8) is 0 Å². The number of carbonyl (C=O) groups excluding carboxylic acids is 2. The molecule has 0 aliphatic carbocycles. The third-order valence-electron chi connectivity index (χ3n) is 6.42. The summed E-state index contributed by atoms with van der Waals surface area (Å²) in [5, 5.41) is 20.9. The van der Waals surface area contributed by atoms with Crippen LogP contribution in [0.25, 0.3) is 0 Å². The summed E-state index contributed by atoms with van der Waals surface area (Å²) >= 11 is -1.11. The highest BCUT2D eigenvalue weighted by Gasteiger charge is 2.43. The lowest BCUT2D eigenvalue weighted by Gasteiger charge is -2.41. The summed E-state index contributed by atoms with van der Waals surface area (Å²) in [6.07, 6.45) is -1.20. The van der Waals surface area contributed by atoms with Crippen molar-refractivity contribution in [1.82, 2.24) is 15.7 Å². The van der Waals surface area contributed by atoms with Gasteiger partial charge in [-0.2, -0.15) is 0 Å². The van der Waals surface area contributed by atoms with Gasteiger partial charge in [0.15, 0.2) is 4.90 Å². The SMILES string of the molecule is CC1(C)CN(Cc2ccc(C(=O)N[C@@H]3CN(C(=O)O)C[C@@H]3C(=O)NO)cc2)c2ccccc2[S+]1[O-]. The van der Waals surface area contributed by atoms with Gasteiger partial charge in [0.25, 0.3) is 5.91 Å². The van der Waals surface area contributed by atoms with Crippen molar-refractivity contribution in [1.29, 1.82) is 0 Å². The Hall–Kier alpha value is -3.28. The van der Waals surface area contributed by atoms with Crippen molar-refractivity contribution in [2.75, 3.05) is 24.5 Å². The minimum atomic E-state index is -1.20. The van der Waals surface area contributed by atoms with Crippen molar-refractivity contribution >= 4 is 34.8 Å². The number of nitrogens with zero attached hydrogens (tertiary/aromatic N) is 2. The van der Waals surface area contributed by atoms with Crippen LogP contribution in [-0.2, 0) is 22.5 Å². The number of likely N-dealkylation sites (tertiary alicyclic amines) is 1. The topological polar surface area (TPSA) is 145 Å². The molecule has 0 aromatic heterocycles. The van der Waals surface area contributed by atoms with Gasteiger partial charge < -0.3 is 24.8 Å². The summed E-state index contributed by atoms with van der Waals surface area (Å²) < 4.78 is 12.5. The average molecular weight is 501 g/mol. The van der Waals surface area contributed by atoms with E-state index >= 15 is 0 Å². The van der Waals surface area contributed by atoms with Gasteiger partial charge in [0, 0.05) is 25.2 Å². The van der Waals surface area contributed by atoms with E-state index in [-0.39, 0.29) is 13.1 Å². The smallest absolute Gasteiger partial charge is 0.407 e. The number of benzene rings is 2. The minimum absolute atomic E-state index is 0.0528. The van der Waals surface area contributed by atoms with E-state index in [1.165, 1.54) is 5.48 Å². The standard InChI is InChI=1S/C24H28N4O6S/c1-24(2)14-28(19-5-3-4-6-20(19)35(24)34)11-15-7-9-16(10-8-15)21(29)25-18-13-27(23(31)32)12-17(18)22(30)26-33/h3-10,17-18,33H,11-14H2,1-2H3,(H,25,29)(H,26,30)(H,31,32)/t17-,18+,35?/m0/s1. The second-order valence-electron chi connectivity index (χ2n) is 9.40. The van der Waals surface area contributed by atoms with Crippen molar-refractivity contribution in [2.45, 2.75) is 36.1 Å². The highest BCUT2D eigenvalue weighted by molar-refractivity contribution is 7.93. The summed E-state index contributed by atoms with van der Waals surface area (Å²) in [5.41, 5.74) is 3.81. The van der Waals surface area contributed by atoms with E-state index in [1.54, 1.807) is 12.1 Å². The van der Waals surface area contributed by atoms with E-state index in [4.69, 9.17) is 5.21 Å². The molecular formula is C24H28N4O6S. The predicted molar refractivity (Wildman–Crippen MR) is 129 cm³/mol. The van der Waals surface area contributed by atoms with Crippen molar-refractivity contribution in [2.24, 2.45) is 5.92 Å². The van der Waals surface area contributed by atoms with Gasteiger partial charge in [-0.15, -0.1) is 0 Å². The first kappa shape index (κ1) is 24.8. The maximum atomic E-state index is 12.9. The van der Waals surface area contributed by atoms with Crippen LogP contribution in [0.5, 0.6) is 0 Å². The van der Waals surface area contributed by atoms with E-state index in [0.717, 1.165) is 21.0 Å². The number of amides is 3. The summed E-state index contributed by atoms with van der Waals surface area (Å²) in [5.74, 6) is -2.09. The highest BCUT2D eigenvalue weighted by atomic mass is 32.2. The lowest BCUT2D eigenvalue weighted by Crippen LogP contribution is -2.48. The molecule has 2 heterocycles. The fraction of sp³-hybridized carbons (Fsp3) is 0.375. The summed E-state index contributed by atoms with van der Waals surface area (Å²) in [7, 11) is 0. The number of nitrogens with one attached hydrogen (secondary N) is 2. The summed E-state index contributed by atoms with van der Waals surface area (Å²) in [4.78, 5) is 40.1. The molecule has 2 aliphatic heterocycles. The molecule has 11 heteroatoms. The first-order valence-electron chi connectivity index (χ1n) is 11.2. The van der Waals surface area contributed by atoms with E-state index in [1.807, 2.05) is 50.2 Å². The molecule has 1 fully saturated rings. The van der Waals surface area contributed by atoms with Crippen LogP contribution in [0.2, 0.25) is 0 Å². The van der Waals surface area contributed by atoms with Crippen LogP contribution in [0.3, 0.4) is 0 Å². The number of fused-ring (bicyclic) bond motifs is 1. The Morgan fingerprint density at radius 3 is 2.46 bits per heavy atom. The monoisotopic (exact) mass is 500 g/mol. The second-order valence-corrected chi connectivity index (χ2v) is 11.5. The zero-order chi connectivity index (χ0) is 25.3. The van der Waals surface area contributed by atoms with Crippen molar-refractivity contribution in [3.05, 3.63) is 59.7 Å². The number of para-hydroxylation sites is 1. The van der Waals surface area contributed by atoms with Crippen LogP contribution in [0.1, 0.15) is 29.8 Å². The third kappa shape index (κ3) is 5.07. The van der Waals surface area contributed by atoms with Gasteiger partial charge in [0.05, 0.1) is 24.2 Å². The molecule has 0 radical (unpaired) electrons. The van der Waals surface area contributed by atoms with Crippen molar-refractivity contribution in [3.8, 4) is 0 Å². The number of hydroxylamine groups is 1. The van der Waals surface area contributed by atoms with Crippen LogP contribution in [0.4, 0.5) is 10.5 Å². The Kier molecular flexibility index (Phi) is 6.93. The Labute approximate surface area is 206 Å². The fourth-order valence-corrected chi connectivity index (χ4v) is 6.06. The fourth-order valence-electron chi connectivity index (χ4n) is 4.61. The Balaban J connectivity index is 1.45. The molecule has 3 amide bonds. The van der Waals surface area contributed by atoms with Crippen LogP contribution < -0.4 is 15.7 Å². The van der Waals surface area contributed by atoms with Gasteiger partial charge in [0.2, 0.25) is 5.91 Å². The lowest BCUT2D eigenvalue weighted by atomic mass is 10.0. The minimum Gasteiger partial charge on any atom is -0.611 e. The quantitative estimate of drug-likeness (QED) is 0.278. The van der Waals surface area contributed by atoms with Crippen molar-refractivity contribution < 1.29 is 29.3 Å². The first-order chi connectivity index (χ1) is 16.6. The molecule has 0 bridgehead atoms. The normalized spacial score (nSPS) is 22.9. The Bertz CT molecular complexity index is 1130. The number of carboxylic acid groups (broad SMARTS) is 1. The number of carbonyl (C=O) groups is 3. The second kappa shape index (κ2) is 9.76. The molecule has 0 saturated carbocycles. The number of hydrogen-bond donors (Lipinski definition) is 4. The van der Waals surface area contributed by atoms with Gasteiger partial charge in [-0.3, -0.25) is 14.8 Å². The molecule has 10 nitrogen and oxygen atoms in total. The van der Waals surface area contributed by atoms with Crippen LogP contribution in [0.15, 0.2) is 53.4 Å². The predicted octanol–water partition coefficient (Wildman–Crippen LogP) is 1.81. The van der Waals surface area contributed by atoms with E-state index in [9.17, 15) is 24.0 Å². The first-order valence-corrected chi connectivity index (χ1v) is 12.3. The molecule has 35 heavy (non-hydrogen) atoms. The maximum absolute atomic E-state index is 12.9. The zero-order valence-corrected chi connectivity index (χ0v) is 20.2. The zero-order valence-electron chi connectivity index (χ0n) is 19.4. The summed E-state index contributed by atoms with van der Waals surface area (Å²) in [6, 6.07) is 13.9. The molecule has 4 rings (SSSR count). The van der Waals surface area contributed by atoms with Crippen LogP contribution >= 0.6 is 0 Å². The highest BCUT2D eigenvalue weighted by Crippen LogP contribution is 2.39. The van der Waals surface area contributed by atoms with E-state index < -0.39 is 45.8 Å². The van der Waals surface area contributed by atoms with E-state index in [0.29, 0.717) is 18.7 Å². The summed E-state index contributed by atoms with van der Waals surface area (Å²) in [6.45, 7) is 4.99. The number of hydrogen-bond acceptors (Lipinski definition) is 6. The number of anilines is 1. The molecule has 1 saturated heterocycles. The van der Waals surface area contributed by atoms with Crippen LogP contribution in [-0.4, -0.2) is 68.1 Å². The molecule has 2 aromatic carbocycles. The lowest BCUT2D eigenvalue weighted by molar-refractivity contribution is -0.133. The number of rotatable bonds is 5. The Morgan fingerprint density at radius 1 is 1.11 bits per heavy atom. The van der Waals surface area contributed by atoms with E-state index in [2.05, 4.69) is 10.2 Å². The molecule has 3 atom stereocenters. The molecule has 1 unspecified atom stereocenters. The maximum Gasteiger partial charge on any atom is 0.407 e. The third-order valence-corrected chi connectivity index (χ3v) is 8.30. The molecule has 186 valence electrons. The molecular weight excluding hydrogens is 472 g/mol. The molecule has 2 aliphatic rings. The van der Waals surface area contributed by atoms with Gasteiger partial charge >= 0.3 is 6.09 Å². The Morgan fingerprint density at radius 2 is 1.80 bits per heavy atom. The largest absolute Gasteiger partial charge is 0.611 e.